The van der Waals surface area contributed by atoms with E-state index >= 15 is 0 Å². The fraction of sp³-hybridized carbons (Fsp3) is 0.346. The van der Waals surface area contributed by atoms with Gasteiger partial charge in [0.2, 0.25) is 0 Å². The summed E-state index contributed by atoms with van der Waals surface area (Å²) in [6.07, 6.45) is 8.61. The van der Waals surface area contributed by atoms with Crippen LogP contribution in [0, 0.1) is 11.1 Å². The summed E-state index contributed by atoms with van der Waals surface area (Å²) in [6, 6.07) is 13.9. The van der Waals surface area contributed by atoms with Crippen LogP contribution in [0.3, 0.4) is 0 Å². The summed E-state index contributed by atoms with van der Waals surface area (Å²) in [5.41, 5.74) is 5.77. The van der Waals surface area contributed by atoms with Crippen molar-refractivity contribution in [1.82, 2.24) is 9.97 Å². The van der Waals surface area contributed by atoms with Gasteiger partial charge in [0.1, 0.15) is 0 Å². The molecule has 2 aromatic heterocycles. The van der Waals surface area contributed by atoms with Crippen LogP contribution in [0.4, 0.5) is 0 Å². The second-order valence-corrected chi connectivity index (χ2v) is 9.40. The van der Waals surface area contributed by atoms with E-state index in [2.05, 4.69) is 23.2 Å². The van der Waals surface area contributed by atoms with E-state index in [0.717, 1.165) is 29.1 Å². The third kappa shape index (κ3) is 4.08. The van der Waals surface area contributed by atoms with Crippen LogP contribution < -0.4 is 0 Å². The van der Waals surface area contributed by atoms with Crippen molar-refractivity contribution >= 4 is 17.5 Å². The highest BCUT2D eigenvalue weighted by molar-refractivity contribution is 6.30. The molecule has 1 amide bonds. The number of benzene rings is 1. The number of piperidine rings is 1. The summed E-state index contributed by atoms with van der Waals surface area (Å²) in [5.74, 6) is 0.141. The molecule has 3 aromatic rings. The van der Waals surface area contributed by atoms with Gasteiger partial charge < -0.3 is 5.21 Å². The lowest BCUT2D eigenvalue weighted by Gasteiger charge is -2.46. The first kappa shape index (κ1) is 21.3. The van der Waals surface area contributed by atoms with Gasteiger partial charge in [0.15, 0.2) is 0 Å². The smallest absolute Gasteiger partial charge is 0.318 e. The fourth-order valence-electron chi connectivity index (χ4n) is 5.34. The molecule has 1 saturated heterocycles. The molecule has 0 spiro atoms. The van der Waals surface area contributed by atoms with Crippen molar-refractivity contribution < 1.29 is 9.44 Å². The van der Waals surface area contributed by atoms with Crippen LogP contribution in [0.25, 0.3) is 0 Å². The molecule has 0 radical (unpaired) electrons. The number of carbonyl (C=O) groups is 1. The monoisotopic (exact) mass is 447 g/mol. The SMILES string of the molecule is O=C(Cc1ccncc1)[N+]1([O-])CCC(C2c3ccc(Cl)cc3CCc3cccnc32)CC1. The van der Waals surface area contributed by atoms with Crippen molar-refractivity contribution in [3.63, 3.8) is 0 Å². The lowest BCUT2D eigenvalue weighted by Crippen LogP contribution is -2.53. The van der Waals surface area contributed by atoms with E-state index in [1.807, 2.05) is 18.3 Å². The average molecular weight is 448 g/mol. The number of halogens is 1. The predicted molar refractivity (Wildman–Crippen MR) is 124 cm³/mol. The second kappa shape index (κ2) is 8.74. The van der Waals surface area contributed by atoms with Crippen molar-refractivity contribution in [1.29, 1.82) is 0 Å². The van der Waals surface area contributed by atoms with E-state index in [4.69, 9.17) is 16.6 Å². The fourth-order valence-corrected chi connectivity index (χ4v) is 5.53. The minimum Gasteiger partial charge on any atom is -0.625 e. The Morgan fingerprint density at radius 2 is 1.78 bits per heavy atom. The molecule has 5 rings (SSSR count). The van der Waals surface area contributed by atoms with E-state index in [1.54, 1.807) is 24.5 Å². The van der Waals surface area contributed by atoms with Crippen LogP contribution in [0.2, 0.25) is 5.02 Å². The minimum absolute atomic E-state index is 0.130. The lowest BCUT2D eigenvalue weighted by atomic mass is 9.76. The van der Waals surface area contributed by atoms with Crippen molar-refractivity contribution in [2.24, 2.45) is 5.92 Å². The van der Waals surface area contributed by atoms with Gasteiger partial charge >= 0.3 is 5.91 Å². The Labute approximate surface area is 193 Å². The zero-order chi connectivity index (χ0) is 22.1. The Hall–Kier alpha value is -2.60. The number of aromatic nitrogens is 2. The molecule has 1 aromatic carbocycles. The zero-order valence-electron chi connectivity index (χ0n) is 17.9. The zero-order valence-corrected chi connectivity index (χ0v) is 18.7. The number of aryl methyl sites for hydroxylation is 2. The summed E-state index contributed by atoms with van der Waals surface area (Å²) >= 11 is 6.31. The average Bonchev–Trinajstić information content (AvgIpc) is 2.97. The normalized spacial score (nSPS) is 24.8. The molecule has 1 atom stereocenters. The molecule has 32 heavy (non-hydrogen) atoms. The van der Waals surface area contributed by atoms with Crippen molar-refractivity contribution in [2.75, 3.05) is 13.1 Å². The Balaban J connectivity index is 1.40. The predicted octanol–water partition coefficient (Wildman–Crippen LogP) is 4.85. The standard InChI is InChI=1S/C26H26ClN3O2/c27-22-5-6-23-21(17-22)4-3-20-2-1-11-29-26(20)25(23)19-9-14-30(32,15-10-19)24(31)16-18-7-12-28-13-8-18/h1-2,5-8,11-13,17,19,25H,3-4,9-10,14-16H2. The topological polar surface area (TPSA) is 65.9 Å². The molecule has 1 aliphatic carbocycles. The number of rotatable bonds is 3. The molecular weight excluding hydrogens is 422 g/mol. The number of hydroxylamine groups is 3. The number of fused-ring (bicyclic) bond motifs is 2. The Morgan fingerprint density at radius 1 is 1.03 bits per heavy atom. The van der Waals surface area contributed by atoms with Crippen LogP contribution in [-0.4, -0.2) is 33.6 Å². The number of amides is 1. The molecule has 5 nitrogen and oxygen atoms in total. The first-order valence-corrected chi connectivity index (χ1v) is 11.6. The number of likely N-dealkylation sites (tertiary alicyclic amines) is 1. The summed E-state index contributed by atoms with van der Waals surface area (Å²) in [4.78, 5) is 21.7. The van der Waals surface area contributed by atoms with Gasteiger partial charge in [-0.1, -0.05) is 23.7 Å². The number of nitrogens with zero attached hydrogens (tertiary/aromatic N) is 3. The Bertz CT molecular complexity index is 1130. The Morgan fingerprint density at radius 3 is 2.56 bits per heavy atom. The van der Waals surface area contributed by atoms with Crippen molar-refractivity contribution in [3.8, 4) is 0 Å². The maximum Gasteiger partial charge on any atom is 0.318 e. The summed E-state index contributed by atoms with van der Waals surface area (Å²) in [7, 11) is 0. The van der Waals surface area contributed by atoms with E-state index < -0.39 is 4.65 Å². The van der Waals surface area contributed by atoms with Gasteiger partial charge in [-0.15, -0.1) is 0 Å². The third-order valence-corrected chi connectivity index (χ3v) is 7.31. The highest BCUT2D eigenvalue weighted by atomic mass is 35.5. The van der Waals surface area contributed by atoms with Crippen LogP contribution in [0.15, 0.2) is 61.1 Å². The van der Waals surface area contributed by atoms with Gasteiger partial charge in [-0.3, -0.25) is 14.6 Å². The molecule has 3 heterocycles. The molecule has 1 fully saturated rings. The second-order valence-electron chi connectivity index (χ2n) is 8.97. The van der Waals surface area contributed by atoms with Gasteiger partial charge in [-0.05, 0) is 71.3 Å². The molecule has 0 saturated carbocycles. The first-order valence-electron chi connectivity index (χ1n) is 11.3. The summed E-state index contributed by atoms with van der Waals surface area (Å²) in [6.45, 7) is 0.631. The molecule has 164 valence electrons. The maximum absolute atomic E-state index is 13.4. The van der Waals surface area contributed by atoms with Crippen LogP contribution in [-0.2, 0) is 24.1 Å². The number of pyridine rings is 2. The van der Waals surface area contributed by atoms with Gasteiger partial charge in [-0.2, -0.15) is 0 Å². The molecule has 2 aliphatic rings. The number of hydrogen-bond acceptors (Lipinski definition) is 4. The van der Waals surface area contributed by atoms with Gasteiger partial charge in [-0.25, -0.2) is 4.79 Å². The molecule has 0 N–H and O–H groups in total. The first-order chi connectivity index (χ1) is 15.5. The maximum atomic E-state index is 13.4. The highest BCUT2D eigenvalue weighted by Crippen LogP contribution is 2.43. The third-order valence-electron chi connectivity index (χ3n) is 7.08. The summed E-state index contributed by atoms with van der Waals surface area (Å²) < 4.78 is -0.742. The number of hydrogen-bond donors (Lipinski definition) is 0. The number of quaternary nitrogens is 1. The molecule has 1 unspecified atom stereocenters. The van der Waals surface area contributed by atoms with E-state index in [0.29, 0.717) is 25.9 Å². The number of carbonyl (C=O) groups excluding carboxylic acids is 1. The highest BCUT2D eigenvalue weighted by Gasteiger charge is 2.39. The van der Waals surface area contributed by atoms with Crippen molar-refractivity contribution in [2.45, 2.75) is 38.0 Å². The van der Waals surface area contributed by atoms with Crippen LogP contribution in [0.5, 0.6) is 0 Å². The van der Waals surface area contributed by atoms with Gasteiger partial charge in [0.05, 0.1) is 25.2 Å². The van der Waals surface area contributed by atoms with Gasteiger partial charge in [0, 0.05) is 42.4 Å². The Kier molecular flexibility index (Phi) is 5.80. The molecular formula is C26H26ClN3O2. The van der Waals surface area contributed by atoms with Crippen LogP contribution >= 0.6 is 11.6 Å². The summed E-state index contributed by atoms with van der Waals surface area (Å²) in [5, 5.41) is 14.1. The molecule has 0 bridgehead atoms. The van der Waals surface area contributed by atoms with Crippen LogP contribution in [0.1, 0.15) is 46.7 Å². The van der Waals surface area contributed by atoms with E-state index in [-0.39, 0.29) is 24.2 Å². The van der Waals surface area contributed by atoms with Crippen molar-refractivity contribution in [3.05, 3.63) is 99.2 Å². The van der Waals surface area contributed by atoms with E-state index in [1.165, 1.54) is 16.7 Å². The quantitative estimate of drug-likeness (QED) is 0.425. The van der Waals surface area contributed by atoms with Gasteiger partial charge in [0.25, 0.3) is 0 Å². The molecule has 1 aliphatic heterocycles. The molecule has 6 heteroatoms. The van der Waals surface area contributed by atoms with E-state index in [9.17, 15) is 10.0 Å². The lowest BCUT2D eigenvalue weighted by molar-refractivity contribution is -0.811. The largest absolute Gasteiger partial charge is 0.625 e. The minimum atomic E-state index is -0.742.